The highest BCUT2D eigenvalue weighted by Crippen LogP contribution is 2.21. The van der Waals surface area contributed by atoms with E-state index in [-0.39, 0.29) is 4.90 Å². The second-order valence-corrected chi connectivity index (χ2v) is 7.16. The van der Waals surface area contributed by atoms with Gasteiger partial charge in [0.1, 0.15) is 5.75 Å². The van der Waals surface area contributed by atoms with Crippen molar-refractivity contribution in [1.29, 1.82) is 0 Å². The lowest BCUT2D eigenvalue weighted by Crippen LogP contribution is -2.34. The van der Waals surface area contributed by atoms with Gasteiger partial charge in [-0.1, -0.05) is 29.3 Å². The van der Waals surface area contributed by atoms with Crippen LogP contribution in [-0.2, 0) is 14.8 Å². The summed E-state index contributed by atoms with van der Waals surface area (Å²) >= 11 is 5.83. The maximum Gasteiger partial charge on any atom is 0.271 e. The van der Waals surface area contributed by atoms with Gasteiger partial charge in [-0.05, 0) is 49.7 Å². The summed E-state index contributed by atoms with van der Waals surface area (Å²) in [7, 11) is -3.90. The molecule has 0 fully saturated rings. The van der Waals surface area contributed by atoms with Crippen molar-refractivity contribution in [3.63, 3.8) is 0 Å². The van der Waals surface area contributed by atoms with Crippen LogP contribution in [0.4, 0.5) is 0 Å². The minimum Gasteiger partial charge on any atom is -0.483 e. The van der Waals surface area contributed by atoms with Crippen molar-refractivity contribution >= 4 is 27.5 Å². The second kappa shape index (κ2) is 7.02. The van der Waals surface area contributed by atoms with Crippen LogP contribution in [0.1, 0.15) is 11.1 Å². The molecule has 0 spiro atoms. The molecule has 0 aromatic heterocycles. The summed E-state index contributed by atoms with van der Waals surface area (Å²) < 4.78 is 31.4. The second-order valence-electron chi connectivity index (χ2n) is 5.04. The van der Waals surface area contributed by atoms with Crippen LogP contribution in [0, 0.1) is 13.8 Å². The SMILES string of the molecule is Cc1ccc(S(=O)(=O)NC(=O)COc2ccc(Cl)cc2C)cc1. The number of carbonyl (C=O) groups excluding carboxylic acids is 1. The van der Waals surface area contributed by atoms with Crippen molar-refractivity contribution < 1.29 is 17.9 Å². The molecule has 7 heteroatoms. The molecule has 5 nitrogen and oxygen atoms in total. The first-order valence-corrected chi connectivity index (χ1v) is 8.65. The summed E-state index contributed by atoms with van der Waals surface area (Å²) in [5.41, 5.74) is 1.68. The number of ether oxygens (including phenoxy) is 1. The van der Waals surface area contributed by atoms with Crippen molar-refractivity contribution in [3.8, 4) is 5.75 Å². The summed E-state index contributed by atoms with van der Waals surface area (Å²) in [6.45, 7) is 3.22. The van der Waals surface area contributed by atoms with E-state index >= 15 is 0 Å². The highest BCUT2D eigenvalue weighted by atomic mass is 35.5. The molecule has 0 bridgehead atoms. The number of hydrogen-bond acceptors (Lipinski definition) is 4. The van der Waals surface area contributed by atoms with Crippen LogP contribution in [0.5, 0.6) is 5.75 Å². The summed E-state index contributed by atoms with van der Waals surface area (Å²) in [6, 6.07) is 11.1. The number of amides is 1. The monoisotopic (exact) mass is 353 g/mol. The van der Waals surface area contributed by atoms with Gasteiger partial charge < -0.3 is 4.74 Å². The van der Waals surface area contributed by atoms with Gasteiger partial charge in [-0.3, -0.25) is 4.79 Å². The van der Waals surface area contributed by atoms with Gasteiger partial charge in [0.05, 0.1) is 4.90 Å². The molecule has 0 atom stereocenters. The average Bonchev–Trinajstić information content (AvgIpc) is 2.46. The third-order valence-electron chi connectivity index (χ3n) is 3.08. The Hall–Kier alpha value is -2.05. The Balaban J connectivity index is 2.00. The van der Waals surface area contributed by atoms with E-state index in [9.17, 15) is 13.2 Å². The summed E-state index contributed by atoms with van der Waals surface area (Å²) in [6.07, 6.45) is 0. The topological polar surface area (TPSA) is 72.5 Å². The predicted molar refractivity (Wildman–Crippen MR) is 88.2 cm³/mol. The minimum atomic E-state index is -3.90. The van der Waals surface area contributed by atoms with Gasteiger partial charge in [0, 0.05) is 5.02 Å². The molecule has 0 radical (unpaired) electrons. The summed E-state index contributed by atoms with van der Waals surface area (Å²) in [4.78, 5) is 11.8. The molecule has 0 aliphatic carbocycles. The average molecular weight is 354 g/mol. The molecule has 0 saturated heterocycles. The Bertz CT molecular complexity index is 816. The molecular formula is C16H16ClNO4S. The van der Waals surface area contributed by atoms with E-state index in [1.54, 1.807) is 37.3 Å². The van der Waals surface area contributed by atoms with Crippen LogP contribution in [0.2, 0.25) is 5.02 Å². The Morgan fingerprint density at radius 1 is 1.13 bits per heavy atom. The van der Waals surface area contributed by atoms with E-state index in [1.165, 1.54) is 12.1 Å². The van der Waals surface area contributed by atoms with Crippen molar-refractivity contribution in [2.24, 2.45) is 0 Å². The molecule has 0 heterocycles. The number of hydrogen-bond donors (Lipinski definition) is 1. The number of rotatable bonds is 5. The van der Waals surface area contributed by atoms with Crippen LogP contribution in [-0.4, -0.2) is 20.9 Å². The van der Waals surface area contributed by atoms with Crippen LogP contribution in [0.25, 0.3) is 0 Å². The van der Waals surface area contributed by atoms with Gasteiger partial charge in [-0.15, -0.1) is 0 Å². The highest BCUT2D eigenvalue weighted by molar-refractivity contribution is 7.90. The first-order chi connectivity index (χ1) is 10.8. The maximum absolute atomic E-state index is 12.1. The first kappa shape index (κ1) is 17.3. The lowest BCUT2D eigenvalue weighted by atomic mass is 10.2. The molecule has 2 aromatic carbocycles. The largest absolute Gasteiger partial charge is 0.483 e. The first-order valence-electron chi connectivity index (χ1n) is 6.79. The van der Waals surface area contributed by atoms with Crippen LogP contribution in [0.3, 0.4) is 0 Å². The van der Waals surface area contributed by atoms with Crippen molar-refractivity contribution in [1.82, 2.24) is 4.72 Å². The van der Waals surface area contributed by atoms with Crippen LogP contribution >= 0.6 is 11.6 Å². The Morgan fingerprint density at radius 3 is 2.39 bits per heavy atom. The highest BCUT2D eigenvalue weighted by Gasteiger charge is 2.17. The molecule has 2 aromatic rings. The number of aryl methyl sites for hydroxylation is 2. The molecule has 0 aliphatic heterocycles. The number of sulfonamides is 1. The Kier molecular flexibility index (Phi) is 5.28. The smallest absolute Gasteiger partial charge is 0.271 e. The van der Waals surface area contributed by atoms with Gasteiger partial charge in [0.25, 0.3) is 15.9 Å². The van der Waals surface area contributed by atoms with Gasteiger partial charge in [-0.25, -0.2) is 13.1 Å². The van der Waals surface area contributed by atoms with Gasteiger partial charge in [0.15, 0.2) is 6.61 Å². The number of carbonyl (C=O) groups is 1. The maximum atomic E-state index is 12.1. The predicted octanol–water partition coefficient (Wildman–Crippen LogP) is 2.84. The summed E-state index contributed by atoms with van der Waals surface area (Å²) in [5, 5.41) is 0.557. The van der Waals surface area contributed by atoms with Gasteiger partial charge in [0.2, 0.25) is 0 Å². The van der Waals surface area contributed by atoms with Crippen LogP contribution < -0.4 is 9.46 Å². The molecule has 122 valence electrons. The molecular weight excluding hydrogens is 338 g/mol. The zero-order valence-electron chi connectivity index (χ0n) is 12.7. The van der Waals surface area contributed by atoms with Crippen molar-refractivity contribution in [2.45, 2.75) is 18.7 Å². The fraction of sp³-hybridized carbons (Fsp3) is 0.188. The molecule has 1 amide bonds. The molecule has 23 heavy (non-hydrogen) atoms. The van der Waals surface area contributed by atoms with Gasteiger partial charge >= 0.3 is 0 Å². The molecule has 1 N–H and O–H groups in total. The van der Waals surface area contributed by atoms with E-state index in [1.807, 2.05) is 11.6 Å². The van der Waals surface area contributed by atoms with Crippen molar-refractivity contribution in [3.05, 3.63) is 58.6 Å². The molecule has 0 saturated carbocycles. The Morgan fingerprint density at radius 2 is 1.78 bits per heavy atom. The zero-order valence-corrected chi connectivity index (χ0v) is 14.2. The lowest BCUT2D eigenvalue weighted by Gasteiger charge is -2.10. The van der Waals surface area contributed by atoms with E-state index in [2.05, 4.69) is 0 Å². The van der Waals surface area contributed by atoms with Crippen LogP contribution in [0.15, 0.2) is 47.4 Å². The van der Waals surface area contributed by atoms with Gasteiger partial charge in [-0.2, -0.15) is 0 Å². The minimum absolute atomic E-state index is 0.0270. The van der Waals surface area contributed by atoms with E-state index in [0.29, 0.717) is 10.8 Å². The fourth-order valence-electron chi connectivity index (χ4n) is 1.87. The normalized spacial score (nSPS) is 11.1. The number of benzene rings is 2. The third-order valence-corrected chi connectivity index (χ3v) is 4.70. The molecule has 2 rings (SSSR count). The standard InChI is InChI=1S/C16H16ClNO4S/c1-11-3-6-14(7-4-11)23(20,21)18-16(19)10-22-15-8-5-13(17)9-12(15)2/h3-9H,10H2,1-2H3,(H,18,19). The Labute approximate surface area is 140 Å². The summed E-state index contributed by atoms with van der Waals surface area (Å²) in [5.74, 6) is -0.280. The zero-order chi connectivity index (χ0) is 17.0. The molecule has 0 aliphatic rings. The molecule has 0 unspecified atom stereocenters. The third kappa shape index (κ3) is 4.71. The fourth-order valence-corrected chi connectivity index (χ4v) is 3.07. The van der Waals surface area contributed by atoms with E-state index in [4.69, 9.17) is 16.3 Å². The lowest BCUT2D eigenvalue weighted by molar-refractivity contribution is -0.121. The number of nitrogens with one attached hydrogen (secondary N) is 1. The van der Waals surface area contributed by atoms with Crippen molar-refractivity contribution in [2.75, 3.05) is 6.61 Å². The number of halogens is 1. The van der Waals surface area contributed by atoms with E-state index < -0.39 is 22.5 Å². The quantitative estimate of drug-likeness (QED) is 0.897. The van der Waals surface area contributed by atoms with E-state index in [0.717, 1.165) is 11.1 Å².